The Kier molecular flexibility index (Phi) is 6.01. The van der Waals surface area contributed by atoms with Gasteiger partial charge in [0.2, 0.25) is 0 Å². The van der Waals surface area contributed by atoms with Gasteiger partial charge in [-0.15, -0.1) is 11.3 Å². The minimum absolute atomic E-state index is 0.0659. The van der Waals surface area contributed by atoms with Gasteiger partial charge in [-0.3, -0.25) is 4.79 Å². The van der Waals surface area contributed by atoms with E-state index in [1.54, 1.807) is 11.3 Å². The van der Waals surface area contributed by atoms with Crippen molar-refractivity contribution in [2.45, 2.75) is 46.2 Å². The number of hydrogen-bond donors (Lipinski definition) is 3. The van der Waals surface area contributed by atoms with Gasteiger partial charge in [0.25, 0.3) is 0 Å². The number of aliphatic carboxylic acids is 1. The van der Waals surface area contributed by atoms with Gasteiger partial charge >= 0.3 is 12.0 Å². The van der Waals surface area contributed by atoms with Crippen LogP contribution in [0.2, 0.25) is 0 Å². The van der Waals surface area contributed by atoms with E-state index < -0.39 is 5.97 Å². The number of nitrogens with one attached hydrogen (secondary N) is 2. The van der Waals surface area contributed by atoms with Crippen LogP contribution >= 0.6 is 11.3 Å². The molecule has 5 nitrogen and oxygen atoms in total. The summed E-state index contributed by atoms with van der Waals surface area (Å²) in [5.74, 6) is -0.845. The number of urea groups is 1. The number of aryl methyl sites for hydroxylation is 1. The van der Waals surface area contributed by atoms with Crippen LogP contribution in [0.5, 0.6) is 0 Å². The fourth-order valence-corrected chi connectivity index (χ4v) is 2.69. The summed E-state index contributed by atoms with van der Waals surface area (Å²) in [5.41, 5.74) is 0. The monoisotopic (exact) mass is 298 g/mol. The molecular formula is C14H22N2O3S. The second-order valence-electron chi connectivity index (χ2n) is 5.24. The van der Waals surface area contributed by atoms with Crippen LogP contribution in [0.3, 0.4) is 0 Å². The summed E-state index contributed by atoms with van der Waals surface area (Å²) < 4.78 is 0. The molecule has 2 atom stereocenters. The third kappa shape index (κ3) is 5.21. The summed E-state index contributed by atoms with van der Waals surface area (Å²) in [6, 6.07) is 3.21. The lowest BCUT2D eigenvalue weighted by Crippen LogP contribution is -2.46. The van der Waals surface area contributed by atoms with Crippen molar-refractivity contribution >= 4 is 23.3 Å². The predicted octanol–water partition coefficient (Wildman–Crippen LogP) is 2.92. The molecule has 0 aliphatic heterocycles. The van der Waals surface area contributed by atoms with Gasteiger partial charge in [-0.25, -0.2) is 4.79 Å². The van der Waals surface area contributed by atoms with Crippen LogP contribution in [0.1, 0.15) is 43.0 Å². The maximum Gasteiger partial charge on any atom is 0.315 e. The summed E-state index contributed by atoms with van der Waals surface area (Å²) >= 11 is 1.64. The Bertz CT molecular complexity index is 471. The molecule has 2 unspecified atom stereocenters. The van der Waals surface area contributed by atoms with Crippen molar-refractivity contribution < 1.29 is 14.7 Å². The van der Waals surface area contributed by atoms with E-state index >= 15 is 0 Å². The smallest absolute Gasteiger partial charge is 0.315 e. The molecule has 1 heterocycles. The fraction of sp³-hybridized carbons (Fsp3) is 0.571. The maximum absolute atomic E-state index is 11.9. The molecule has 0 saturated heterocycles. The Morgan fingerprint density at radius 2 is 1.90 bits per heavy atom. The van der Waals surface area contributed by atoms with Crippen LogP contribution < -0.4 is 10.6 Å². The molecule has 0 aromatic carbocycles. The average molecular weight is 298 g/mol. The van der Waals surface area contributed by atoms with Crippen molar-refractivity contribution in [3.05, 3.63) is 21.9 Å². The van der Waals surface area contributed by atoms with Crippen LogP contribution in [0.4, 0.5) is 4.79 Å². The molecule has 0 bridgehead atoms. The highest BCUT2D eigenvalue weighted by atomic mass is 32.1. The van der Waals surface area contributed by atoms with Crippen LogP contribution in [0, 0.1) is 12.8 Å². The minimum Gasteiger partial charge on any atom is -0.481 e. The number of rotatable bonds is 6. The molecule has 6 heteroatoms. The molecule has 20 heavy (non-hydrogen) atoms. The summed E-state index contributed by atoms with van der Waals surface area (Å²) in [6.07, 6.45) is -0.0718. The highest BCUT2D eigenvalue weighted by Crippen LogP contribution is 2.22. The van der Waals surface area contributed by atoms with E-state index in [1.807, 2.05) is 39.8 Å². The molecule has 0 fully saturated rings. The molecule has 0 spiro atoms. The van der Waals surface area contributed by atoms with Crippen molar-refractivity contribution in [2.24, 2.45) is 5.92 Å². The lowest BCUT2D eigenvalue weighted by atomic mass is 10.0. The fourth-order valence-electron chi connectivity index (χ4n) is 1.81. The average Bonchev–Trinajstić information content (AvgIpc) is 2.74. The Hall–Kier alpha value is -1.56. The molecule has 0 aliphatic carbocycles. The van der Waals surface area contributed by atoms with E-state index in [2.05, 4.69) is 10.6 Å². The number of amides is 2. The Morgan fingerprint density at radius 3 is 2.35 bits per heavy atom. The van der Waals surface area contributed by atoms with E-state index in [1.165, 1.54) is 4.88 Å². The van der Waals surface area contributed by atoms with Crippen LogP contribution in [-0.4, -0.2) is 23.1 Å². The normalized spacial score (nSPS) is 13.8. The molecule has 0 saturated carbocycles. The number of hydrogen-bond acceptors (Lipinski definition) is 3. The lowest BCUT2D eigenvalue weighted by Gasteiger charge is -2.22. The third-order valence-corrected chi connectivity index (χ3v) is 4.23. The van der Waals surface area contributed by atoms with Gasteiger partial charge in [0.15, 0.2) is 0 Å². The SMILES string of the molecule is Cc1ccc(C(C)NC(=O)NC(CC(=O)O)C(C)C)s1. The zero-order valence-corrected chi connectivity index (χ0v) is 13.1. The number of carboxylic acids is 1. The maximum atomic E-state index is 11.9. The number of carbonyl (C=O) groups excluding carboxylic acids is 1. The molecule has 1 rings (SSSR count). The molecule has 0 radical (unpaired) electrons. The standard InChI is InChI=1S/C14H22N2O3S/c1-8(2)11(7-13(17)18)16-14(19)15-10(4)12-6-5-9(3)20-12/h5-6,8,10-11H,7H2,1-4H3,(H,17,18)(H2,15,16,19). The van der Waals surface area contributed by atoms with Crippen LogP contribution in [0.25, 0.3) is 0 Å². The summed E-state index contributed by atoms with van der Waals surface area (Å²) in [4.78, 5) is 25.0. The van der Waals surface area contributed by atoms with Crippen molar-refractivity contribution in [1.82, 2.24) is 10.6 Å². The van der Waals surface area contributed by atoms with Gasteiger partial charge in [-0.1, -0.05) is 13.8 Å². The van der Waals surface area contributed by atoms with Crippen molar-refractivity contribution in [1.29, 1.82) is 0 Å². The highest BCUT2D eigenvalue weighted by Gasteiger charge is 2.20. The van der Waals surface area contributed by atoms with Crippen LogP contribution in [-0.2, 0) is 4.79 Å². The molecule has 0 aliphatic rings. The number of carboxylic acid groups (broad SMARTS) is 1. The van der Waals surface area contributed by atoms with Gasteiger partial charge in [0.1, 0.15) is 0 Å². The van der Waals surface area contributed by atoms with Gasteiger partial charge in [-0.05, 0) is 31.9 Å². The zero-order valence-electron chi connectivity index (χ0n) is 12.3. The topological polar surface area (TPSA) is 78.4 Å². The molecule has 2 amide bonds. The van der Waals surface area contributed by atoms with Gasteiger partial charge < -0.3 is 15.7 Å². The van der Waals surface area contributed by atoms with E-state index in [4.69, 9.17) is 5.11 Å². The zero-order chi connectivity index (χ0) is 15.3. The highest BCUT2D eigenvalue weighted by molar-refractivity contribution is 7.12. The van der Waals surface area contributed by atoms with Gasteiger partial charge in [-0.2, -0.15) is 0 Å². The Labute approximate surface area is 123 Å². The van der Waals surface area contributed by atoms with E-state index in [0.717, 1.165) is 4.88 Å². The summed E-state index contributed by atoms with van der Waals surface area (Å²) in [7, 11) is 0. The van der Waals surface area contributed by atoms with Gasteiger partial charge in [0, 0.05) is 15.8 Å². The predicted molar refractivity (Wildman–Crippen MR) is 80.0 cm³/mol. The first-order valence-corrected chi connectivity index (χ1v) is 7.46. The molecule has 1 aromatic rings. The molecule has 3 N–H and O–H groups in total. The third-order valence-electron chi connectivity index (χ3n) is 3.05. The van der Waals surface area contributed by atoms with Crippen molar-refractivity contribution in [3.8, 4) is 0 Å². The molecule has 112 valence electrons. The van der Waals surface area contributed by atoms with Crippen LogP contribution in [0.15, 0.2) is 12.1 Å². The second kappa shape index (κ2) is 7.28. The number of thiophene rings is 1. The first-order chi connectivity index (χ1) is 9.29. The Morgan fingerprint density at radius 1 is 1.25 bits per heavy atom. The summed E-state index contributed by atoms with van der Waals surface area (Å²) in [6.45, 7) is 7.70. The van der Waals surface area contributed by atoms with E-state index in [9.17, 15) is 9.59 Å². The first kappa shape index (κ1) is 16.5. The van der Waals surface area contributed by atoms with Crippen molar-refractivity contribution in [3.63, 3.8) is 0 Å². The van der Waals surface area contributed by atoms with Crippen molar-refractivity contribution in [2.75, 3.05) is 0 Å². The largest absolute Gasteiger partial charge is 0.481 e. The van der Waals surface area contributed by atoms with Gasteiger partial charge in [0.05, 0.1) is 12.5 Å². The lowest BCUT2D eigenvalue weighted by molar-refractivity contribution is -0.137. The second-order valence-corrected chi connectivity index (χ2v) is 6.56. The van der Waals surface area contributed by atoms with E-state index in [-0.39, 0.29) is 30.5 Å². The number of carbonyl (C=O) groups is 2. The molecular weight excluding hydrogens is 276 g/mol. The minimum atomic E-state index is -0.911. The van der Waals surface area contributed by atoms with E-state index in [0.29, 0.717) is 0 Å². The summed E-state index contributed by atoms with van der Waals surface area (Å²) in [5, 5.41) is 14.4. The first-order valence-electron chi connectivity index (χ1n) is 6.64. The quantitative estimate of drug-likeness (QED) is 0.755. The molecule has 1 aromatic heterocycles. The Balaban J connectivity index is 2.55.